The molecule has 1 heterocycles. The Morgan fingerprint density at radius 3 is 2.44 bits per heavy atom. The summed E-state index contributed by atoms with van der Waals surface area (Å²) in [7, 11) is -3.00. The van der Waals surface area contributed by atoms with Crippen LogP contribution in [0.1, 0.15) is 23.9 Å². The molecule has 0 spiro atoms. The lowest BCUT2D eigenvalue weighted by Crippen LogP contribution is -2.31. The molecule has 0 aliphatic carbocycles. The van der Waals surface area contributed by atoms with Crippen molar-refractivity contribution in [3.63, 3.8) is 0 Å². The van der Waals surface area contributed by atoms with Crippen LogP contribution in [0.3, 0.4) is 0 Å². The number of rotatable bonds is 5. The lowest BCUT2D eigenvalue weighted by Gasteiger charge is -2.13. The van der Waals surface area contributed by atoms with Crippen LogP contribution in [-0.2, 0) is 9.84 Å². The van der Waals surface area contributed by atoms with Gasteiger partial charge in [-0.2, -0.15) is 0 Å². The van der Waals surface area contributed by atoms with E-state index in [-0.39, 0.29) is 11.8 Å². The Labute approximate surface area is 95.2 Å². The molecule has 1 aromatic heterocycles. The highest BCUT2D eigenvalue weighted by Crippen LogP contribution is 2.11. The van der Waals surface area contributed by atoms with Crippen molar-refractivity contribution in [2.75, 3.05) is 12.0 Å². The minimum atomic E-state index is -3.00. The van der Waals surface area contributed by atoms with Gasteiger partial charge in [0.25, 0.3) is 0 Å². The third kappa shape index (κ3) is 4.21. The monoisotopic (exact) mass is 244 g/mol. The molecule has 7 heteroatoms. The molecule has 0 radical (unpaired) electrons. The van der Waals surface area contributed by atoms with E-state index in [4.69, 9.17) is 5.84 Å². The number of nitrogens with one attached hydrogen (secondary N) is 1. The first-order valence-corrected chi connectivity index (χ1v) is 6.91. The fourth-order valence-corrected chi connectivity index (χ4v) is 1.87. The van der Waals surface area contributed by atoms with E-state index in [9.17, 15) is 8.42 Å². The van der Waals surface area contributed by atoms with Crippen LogP contribution in [0.25, 0.3) is 0 Å². The second kappa shape index (κ2) is 5.33. The largest absolute Gasteiger partial charge is 0.271 e. The van der Waals surface area contributed by atoms with E-state index < -0.39 is 9.84 Å². The molecular weight excluding hydrogens is 228 g/mol. The van der Waals surface area contributed by atoms with E-state index in [0.717, 1.165) is 5.56 Å². The molecule has 0 saturated heterocycles. The Balaban J connectivity index is 2.71. The number of sulfone groups is 1. The van der Waals surface area contributed by atoms with Gasteiger partial charge in [-0.1, -0.05) is 0 Å². The summed E-state index contributed by atoms with van der Waals surface area (Å²) < 4.78 is 22.1. The fraction of sp³-hybridized carbons (Fsp3) is 0.556. The first-order chi connectivity index (χ1) is 7.42. The summed E-state index contributed by atoms with van der Waals surface area (Å²) in [5.41, 5.74) is 3.47. The molecule has 6 nitrogen and oxygen atoms in total. The zero-order chi connectivity index (χ0) is 12.2. The molecule has 0 fully saturated rings. The Hall–Kier alpha value is -1.05. The van der Waals surface area contributed by atoms with E-state index in [1.807, 2.05) is 6.92 Å². The van der Waals surface area contributed by atoms with Crippen LogP contribution < -0.4 is 11.3 Å². The molecule has 3 N–H and O–H groups in total. The molecule has 1 aromatic rings. The predicted molar refractivity (Wildman–Crippen MR) is 61.2 cm³/mol. The van der Waals surface area contributed by atoms with E-state index in [0.29, 0.717) is 12.2 Å². The minimum Gasteiger partial charge on any atom is -0.271 e. The van der Waals surface area contributed by atoms with Gasteiger partial charge in [-0.15, -0.1) is 0 Å². The van der Waals surface area contributed by atoms with Crippen LogP contribution in [0.15, 0.2) is 12.4 Å². The van der Waals surface area contributed by atoms with Gasteiger partial charge < -0.3 is 0 Å². The van der Waals surface area contributed by atoms with Gasteiger partial charge in [-0.05, 0) is 18.9 Å². The van der Waals surface area contributed by atoms with E-state index >= 15 is 0 Å². The molecule has 1 rings (SSSR count). The summed E-state index contributed by atoms with van der Waals surface area (Å²) in [5, 5.41) is 0. The number of hydrogen-bond acceptors (Lipinski definition) is 6. The van der Waals surface area contributed by atoms with Crippen LogP contribution in [0.5, 0.6) is 0 Å². The number of hydrogen-bond donors (Lipinski definition) is 2. The summed E-state index contributed by atoms with van der Waals surface area (Å²) in [4.78, 5) is 8.20. The summed E-state index contributed by atoms with van der Waals surface area (Å²) in [6.45, 7) is 1.88. The zero-order valence-electron chi connectivity index (χ0n) is 9.34. The van der Waals surface area contributed by atoms with Crippen molar-refractivity contribution in [3.8, 4) is 0 Å². The van der Waals surface area contributed by atoms with Crippen LogP contribution in [0.2, 0.25) is 0 Å². The number of aromatic nitrogens is 2. The molecule has 0 bridgehead atoms. The highest BCUT2D eigenvalue weighted by atomic mass is 32.2. The number of nitrogens with two attached hydrogens (primary N) is 1. The summed E-state index contributed by atoms with van der Waals surface area (Å²) in [6, 6.07) is -0.338. The van der Waals surface area contributed by atoms with E-state index in [1.165, 1.54) is 6.26 Å². The maximum Gasteiger partial charge on any atom is 0.147 e. The van der Waals surface area contributed by atoms with E-state index in [1.54, 1.807) is 12.4 Å². The van der Waals surface area contributed by atoms with Gasteiger partial charge in [0.05, 0.1) is 11.8 Å². The van der Waals surface area contributed by atoms with Gasteiger partial charge in [0, 0.05) is 18.6 Å². The van der Waals surface area contributed by atoms with Gasteiger partial charge in [-0.3, -0.25) is 5.84 Å². The lowest BCUT2D eigenvalue weighted by molar-refractivity contribution is 0.506. The first-order valence-electron chi connectivity index (χ1n) is 4.85. The summed E-state index contributed by atoms with van der Waals surface area (Å²) >= 11 is 0. The van der Waals surface area contributed by atoms with Crippen molar-refractivity contribution in [1.82, 2.24) is 15.4 Å². The standard InChI is InChI=1S/C9H16N4O2S/c1-7-5-11-9(12-6-7)8(13-10)3-4-16(2,14)15/h5-6,8,13H,3-4,10H2,1-2H3. The fourth-order valence-electron chi connectivity index (χ4n) is 1.20. The smallest absolute Gasteiger partial charge is 0.147 e. The van der Waals surface area contributed by atoms with Crippen molar-refractivity contribution in [3.05, 3.63) is 23.8 Å². The Morgan fingerprint density at radius 2 is 2.00 bits per heavy atom. The average molecular weight is 244 g/mol. The first kappa shape index (κ1) is 13.0. The Morgan fingerprint density at radius 1 is 1.44 bits per heavy atom. The van der Waals surface area contributed by atoms with Crippen molar-refractivity contribution >= 4 is 9.84 Å². The van der Waals surface area contributed by atoms with Crippen molar-refractivity contribution < 1.29 is 8.42 Å². The number of aryl methyl sites for hydroxylation is 1. The SMILES string of the molecule is Cc1cnc(C(CCS(C)(=O)=O)NN)nc1. The van der Waals surface area contributed by atoms with Crippen molar-refractivity contribution in [2.45, 2.75) is 19.4 Å². The zero-order valence-corrected chi connectivity index (χ0v) is 10.2. The molecule has 1 atom stereocenters. The van der Waals surface area contributed by atoms with Crippen LogP contribution in [0, 0.1) is 6.92 Å². The summed E-state index contributed by atoms with van der Waals surface area (Å²) in [6.07, 6.45) is 4.90. The Bertz CT molecular complexity index is 429. The molecule has 0 aliphatic rings. The molecule has 0 aromatic carbocycles. The van der Waals surface area contributed by atoms with Gasteiger partial charge in [0.15, 0.2) is 0 Å². The molecule has 0 saturated carbocycles. The van der Waals surface area contributed by atoms with Crippen molar-refractivity contribution in [2.24, 2.45) is 5.84 Å². The average Bonchev–Trinajstić information content (AvgIpc) is 2.20. The number of nitrogens with zero attached hydrogens (tertiary/aromatic N) is 2. The van der Waals surface area contributed by atoms with E-state index in [2.05, 4.69) is 15.4 Å². The third-order valence-corrected chi connectivity index (χ3v) is 3.07. The Kier molecular flexibility index (Phi) is 4.34. The van der Waals surface area contributed by atoms with Crippen LogP contribution >= 0.6 is 0 Å². The second-order valence-corrected chi connectivity index (χ2v) is 6.02. The molecule has 1 unspecified atom stereocenters. The molecule has 0 amide bonds. The molecule has 16 heavy (non-hydrogen) atoms. The van der Waals surface area contributed by atoms with Gasteiger partial charge in [0.2, 0.25) is 0 Å². The lowest BCUT2D eigenvalue weighted by atomic mass is 10.2. The maximum atomic E-state index is 11.0. The summed E-state index contributed by atoms with van der Waals surface area (Å²) in [5.74, 6) is 5.91. The topological polar surface area (TPSA) is 98.0 Å². The van der Waals surface area contributed by atoms with Crippen LogP contribution in [-0.4, -0.2) is 30.4 Å². The normalized spacial score (nSPS) is 13.7. The van der Waals surface area contributed by atoms with Gasteiger partial charge >= 0.3 is 0 Å². The maximum absolute atomic E-state index is 11.0. The molecule has 0 aliphatic heterocycles. The minimum absolute atomic E-state index is 0.0547. The van der Waals surface area contributed by atoms with Crippen LogP contribution in [0.4, 0.5) is 0 Å². The molecule has 90 valence electrons. The van der Waals surface area contributed by atoms with Crippen molar-refractivity contribution in [1.29, 1.82) is 0 Å². The number of hydrazine groups is 1. The predicted octanol–water partition coefficient (Wildman–Crippen LogP) is -0.276. The third-order valence-electron chi connectivity index (χ3n) is 2.09. The highest BCUT2D eigenvalue weighted by Gasteiger charge is 2.15. The van der Waals surface area contributed by atoms with Gasteiger partial charge in [-0.25, -0.2) is 23.8 Å². The highest BCUT2D eigenvalue weighted by molar-refractivity contribution is 7.90. The second-order valence-electron chi connectivity index (χ2n) is 3.76. The molecular formula is C9H16N4O2S. The van der Waals surface area contributed by atoms with Gasteiger partial charge in [0.1, 0.15) is 15.7 Å². The quantitative estimate of drug-likeness (QED) is 0.546.